The maximum atomic E-state index is 12.1. The van der Waals surface area contributed by atoms with Gasteiger partial charge in [-0.1, -0.05) is 23.5 Å². The average Bonchev–Trinajstić information content (AvgIpc) is 3.10. The molecule has 0 spiro atoms. The molecule has 2 heterocycles. The number of nitrogens with zero attached hydrogens (tertiary/aromatic N) is 4. The lowest BCUT2D eigenvalue weighted by atomic mass is 10.1. The SMILES string of the molecule is COc1cccc(CCNC(=O)c2nn3c(C)nnc3s2)c1. The molecule has 0 unspecified atom stereocenters. The Morgan fingerprint density at radius 2 is 2.27 bits per heavy atom. The normalized spacial score (nSPS) is 10.8. The van der Waals surface area contributed by atoms with Crippen LogP contribution in [0.15, 0.2) is 24.3 Å². The predicted molar refractivity (Wildman–Crippen MR) is 82.4 cm³/mol. The van der Waals surface area contributed by atoms with Crippen LogP contribution in [0.4, 0.5) is 0 Å². The van der Waals surface area contributed by atoms with Gasteiger partial charge in [-0.2, -0.15) is 4.52 Å². The first kappa shape index (κ1) is 14.5. The van der Waals surface area contributed by atoms with E-state index >= 15 is 0 Å². The second-order valence-electron chi connectivity index (χ2n) is 4.71. The highest BCUT2D eigenvalue weighted by Gasteiger charge is 2.14. The largest absolute Gasteiger partial charge is 0.497 e. The molecule has 8 heteroatoms. The van der Waals surface area contributed by atoms with Crippen LogP contribution in [0.25, 0.3) is 4.96 Å². The highest BCUT2D eigenvalue weighted by atomic mass is 32.1. The molecule has 1 amide bonds. The molecule has 0 atom stereocenters. The molecule has 3 rings (SSSR count). The maximum absolute atomic E-state index is 12.1. The van der Waals surface area contributed by atoms with Crippen molar-refractivity contribution in [1.29, 1.82) is 0 Å². The minimum Gasteiger partial charge on any atom is -0.497 e. The van der Waals surface area contributed by atoms with Gasteiger partial charge in [-0.15, -0.1) is 15.3 Å². The molecule has 0 fully saturated rings. The molecule has 114 valence electrons. The average molecular weight is 317 g/mol. The van der Waals surface area contributed by atoms with Gasteiger partial charge in [-0.3, -0.25) is 4.79 Å². The number of amides is 1. The van der Waals surface area contributed by atoms with E-state index in [2.05, 4.69) is 20.6 Å². The zero-order chi connectivity index (χ0) is 15.5. The van der Waals surface area contributed by atoms with E-state index in [1.807, 2.05) is 24.3 Å². The maximum Gasteiger partial charge on any atom is 0.282 e. The summed E-state index contributed by atoms with van der Waals surface area (Å²) in [7, 11) is 1.64. The fraction of sp³-hybridized carbons (Fsp3) is 0.286. The number of rotatable bonds is 5. The van der Waals surface area contributed by atoms with Crippen molar-refractivity contribution in [2.45, 2.75) is 13.3 Å². The van der Waals surface area contributed by atoms with Crippen LogP contribution in [0.1, 0.15) is 21.2 Å². The van der Waals surface area contributed by atoms with Crippen molar-refractivity contribution < 1.29 is 9.53 Å². The van der Waals surface area contributed by atoms with Crippen molar-refractivity contribution in [2.75, 3.05) is 13.7 Å². The van der Waals surface area contributed by atoms with Gasteiger partial charge in [0.05, 0.1) is 7.11 Å². The molecule has 2 aromatic heterocycles. The minimum absolute atomic E-state index is 0.196. The van der Waals surface area contributed by atoms with Crippen LogP contribution in [-0.4, -0.2) is 39.4 Å². The highest BCUT2D eigenvalue weighted by molar-refractivity contribution is 7.18. The Morgan fingerprint density at radius 1 is 1.41 bits per heavy atom. The second kappa shape index (κ2) is 6.10. The van der Waals surface area contributed by atoms with Crippen LogP contribution in [0.2, 0.25) is 0 Å². The molecule has 0 saturated heterocycles. The van der Waals surface area contributed by atoms with E-state index in [0.717, 1.165) is 17.7 Å². The first-order chi connectivity index (χ1) is 10.7. The first-order valence-corrected chi connectivity index (χ1v) is 7.59. The third-order valence-electron chi connectivity index (χ3n) is 3.17. The Labute approximate surface area is 130 Å². The summed E-state index contributed by atoms with van der Waals surface area (Å²) < 4.78 is 6.75. The fourth-order valence-electron chi connectivity index (χ4n) is 2.03. The first-order valence-electron chi connectivity index (χ1n) is 6.77. The van der Waals surface area contributed by atoms with Crippen LogP contribution in [0.5, 0.6) is 5.75 Å². The summed E-state index contributed by atoms with van der Waals surface area (Å²) in [5.74, 6) is 1.28. The molecule has 7 nitrogen and oxygen atoms in total. The zero-order valence-corrected chi connectivity index (χ0v) is 13.1. The van der Waals surface area contributed by atoms with Crippen LogP contribution < -0.4 is 10.1 Å². The summed E-state index contributed by atoms with van der Waals surface area (Å²) in [6.45, 7) is 2.33. The summed E-state index contributed by atoms with van der Waals surface area (Å²) in [5.41, 5.74) is 1.11. The van der Waals surface area contributed by atoms with Crippen LogP contribution in [0.3, 0.4) is 0 Å². The number of nitrogens with one attached hydrogen (secondary N) is 1. The van der Waals surface area contributed by atoms with Gasteiger partial charge in [0.15, 0.2) is 5.82 Å². The van der Waals surface area contributed by atoms with Crippen molar-refractivity contribution in [3.05, 3.63) is 40.7 Å². The van der Waals surface area contributed by atoms with E-state index < -0.39 is 0 Å². The van der Waals surface area contributed by atoms with Gasteiger partial charge in [0.1, 0.15) is 5.75 Å². The predicted octanol–water partition coefficient (Wildman–Crippen LogP) is 1.48. The Hall–Kier alpha value is -2.48. The monoisotopic (exact) mass is 317 g/mol. The van der Waals surface area contributed by atoms with E-state index in [4.69, 9.17) is 4.74 Å². The number of fused-ring (bicyclic) bond motifs is 1. The molecule has 0 aliphatic carbocycles. The van der Waals surface area contributed by atoms with Crippen molar-refractivity contribution >= 4 is 22.2 Å². The molecule has 1 N–H and O–H groups in total. The van der Waals surface area contributed by atoms with Crippen molar-refractivity contribution in [1.82, 2.24) is 25.1 Å². The van der Waals surface area contributed by atoms with Gasteiger partial charge < -0.3 is 10.1 Å². The fourth-order valence-corrected chi connectivity index (χ4v) is 2.83. The van der Waals surface area contributed by atoms with Gasteiger partial charge in [0.2, 0.25) is 9.97 Å². The molecule has 0 aliphatic heterocycles. The minimum atomic E-state index is -0.196. The molecule has 3 aromatic rings. The molecule has 0 bridgehead atoms. The lowest BCUT2D eigenvalue weighted by molar-refractivity contribution is 0.0952. The van der Waals surface area contributed by atoms with Gasteiger partial charge in [-0.05, 0) is 31.0 Å². The molecule has 0 saturated carbocycles. The van der Waals surface area contributed by atoms with Gasteiger partial charge >= 0.3 is 0 Å². The van der Waals surface area contributed by atoms with Crippen LogP contribution >= 0.6 is 11.3 Å². The van der Waals surface area contributed by atoms with Crippen molar-refractivity contribution in [3.63, 3.8) is 0 Å². The smallest absolute Gasteiger partial charge is 0.282 e. The third-order valence-corrected chi connectivity index (χ3v) is 4.07. The molecule has 22 heavy (non-hydrogen) atoms. The van der Waals surface area contributed by atoms with Crippen LogP contribution in [0, 0.1) is 6.92 Å². The Kier molecular flexibility index (Phi) is 4.01. The molecule has 0 radical (unpaired) electrons. The van der Waals surface area contributed by atoms with Crippen molar-refractivity contribution in [2.24, 2.45) is 0 Å². The summed E-state index contributed by atoms with van der Waals surface area (Å²) in [5, 5.41) is 15.3. The molecular weight excluding hydrogens is 302 g/mol. The summed E-state index contributed by atoms with van der Waals surface area (Å²) >= 11 is 1.22. The standard InChI is InChI=1S/C14H15N5O2S/c1-9-16-17-14-19(9)18-13(22-14)12(20)15-7-6-10-4-3-5-11(8-10)21-2/h3-5,8H,6-7H2,1-2H3,(H,15,20). The van der Waals surface area contributed by atoms with E-state index in [1.54, 1.807) is 18.5 Å². The number of aromatic nitrogens is 4. The zero-order valence-electron chi connectivity index (χ0n) is 12.2. The van der Waals surface area contributed by atoms with Crippen molar-refractivity contribution in [3.8, 4) is 5.75 Å². The second-order valence-corrected chi connectivity index (χ2v) is 5.66. The number of benzene rings is 1. The van der Waals surface area contributed by atoms with Gasteiger partial charge in [-0.25, -0.2) is 0 Å². The van der Waals surface area contributed by atoms with E-state index in [9.17, 15) is 4.79 Å². The molecular formula is C14H15N5O2S. The molecule has 1 aromatic carbocycles. The number of aryl methyl sites for hydroxylation is 1. The quantitative estimate of drug-likeness (QED) is 0.771. The molecule has 0 aliphatic rings. The topological polar surface area (TPSA) is 81.4 Å². The van der Waals surface area contributed by atoms with E-state index in [1.165, 1.54) is 11.3 Å². The Balaban J connectivity index is 1.59. The number of hydrogen-bond acceptors (Lipinski definition) is 6. The third kappa shape index (κ3) is 2.91. The number of carbonyl (C=O) groups is 1. The number of carbonyl (C=O) groups excluding carboxylic acids is 1. The number of methoxy groups -OCH3 is 1. The highest BCUT2D eigenvalue weighted by Crippen LogP contribution is 2.14. The Bertz CT molecular complexity index is 811. The summed E-state index contributed by atoms with van der Waals surface area (Å²) in [6, 6.07) is 7.78. The Morgan fingerprint density at radius 3 is 3.05 bits per heavy atom. The van der Waals surface area contributed by atoms with Gasteiger partial charge in [0.25, 0.3) is 5.91 Å². The lowest BCUT2D eigenvalue weighted by Crippen LogP contribution is -2.25. The lowest BCUT2D eigenvalue weighted by Gasteiger charge is -2.05. The van der Waals surface area contributed by atoms with E-state index in [-0.39, 0.29) is 5.91 Å². The van der Waals surface area contributed by atoms with Crippen LogP contribution in [-0.2, 0) is 6.42 Å². The summed E-state index contributed by atoms with van der Waals surface area (Å²) in [4.78, 5) is 12.7. The summed E-state index contributed by atoms with van der Waals surface area (Å²) in [6.07, 6.45) is 0.728. The number of hydrogen-bond donors (Lipinski definition) is 1. The van der Waals surface area contributed by atoms with Gasteiger partial charge in [0, 0.05) is 6.54 Å². The van der Waals surface area contributed by atoms with E-state index in [0.29, 0.717) is 22.3 Å². The number of ether oxygens (including phenoxy) is 1.